The maximum atomic E-state index is 13.4. The van der Waals surface area contributed by atoms with Crippen molar-refractivity contribution >= 4 is 0 Å². The summed E-state index contributed by atoms with van der Waals surface area (Å²) < 4.78 is 18.6. The van der Waals surface area contributed by atoms with Crippen molar-refractivity contribution in [3.8, 4) is 5.75 Å². The maximum Gasteiger partial charge on any atom is 0.123 e. The maximum absolute atomic E-state index is 13.4. The van der Waals surface area contributed by atoms with Crippen LogP contribution in [0, 0.1) is 12.7 Å². The van der Waals surface area contributed by atoms with Crippen LogP contribution in [0.15, 0.2) is 42.5 Å². The Labute approximate surface area is 126 Å². The zero-order chi connectivity index (χ0) is 15.2. The molecule has 112 valence electrons. The van der Waals surface area contributed by atoms with Crippen molar-refractivity contribution in [1.29, 1.82) is 0 Å². The molecule has 0 spiro atoms. The fraction of sp³-hybridized carbons (Fsp3) is 0.333. The molecule has 0 aliphatic heterocycles. The van der Waals surface area contributed by atoms with Gasteiger partial charge in [-0.15, -0.1) is 0 Å². The number of methoxy groups -OCH3 is 1. The van der Waals surface area contributed by atoms with Gasteiger partial charge in [-0.1, -0.05) is 18.2 Å². The summed E-state index contributed by atoms with van der Waals surface area (Å²) in [6.07, 6.45) is 1.86. The Kier molecular flexibility index (Phi) is 5.34. The molecule has 2 aromatic rings. The van der Waals surface area contributed by atoms with E-state index >= 15 is 0 Å². The highest BCUT2D eigenvalue weighted by molar-refractivity contribution is 5.31. The molecule has 2 aromatic carbocycles. The van der Waals surface area contributed by atoms with Gasteiger partial charge in [0.1, 0.15) is 11.6 Å². The summed E-state index contributed by atoms with van der Waals surface area (Å²) in [4.78, 5) is 0. The molecule has 1 N–H and O–H groups in total. The van der Waals surface area contributed by atoms with Gasteiger partial charge in [-0.2, -0.15) is 0 Å². The Bertz CT molecular complexity index is 580. The van der Waals surface area contributed by atoms with Gasteiger partial charge in [0.25, 0.3) is 0 Å². The molecule has 0 aromatic heterocycles. The third-order valence-electron chi connectivity index (χ3n) is 3.85. The molecular formula is C18H22FNO. The van der Waals surface area contributed by atoms with Crippen molar-refractivity contribution in [2.75, 3.05) is 14.2 Å². The molecule has 21 heavy (non-hydrogen) atoms. The van der Waals surface area contributed by atoms with Crippen LogP contribution in [0.3, 0.4) is 0 Å². The Morgan fingerprint density at radius 2 is 1.86 bits per heavy atom. The zero-order valence-corrected chi connectivity index (χ0v) is 12.8. The molecule has 0 aliphatic rings. The average molecular weight is 287 g/mol. The van der Waals surface area contributed by atoms with Crippen LogP contribution >= 0.6 is 0 Å². The Balaban J connectivity index is 2.06. The van der Waals surface area contributed by atoms with E-state index in [0.29, 0.717) is 0 Å². The van der Waals surface area contributed by atoms with Gasteiger partial charge in [0.15, 0.2) is 0 Å². The SMILES string of the molecule is CNC(CCc1ccc(OC)cc1)c1cc(F)ccc1C. The topological polar surface area (TPSA) is 21.3 Å². The van der Waals surface area contributed by atoms with Crippen molar-refractivity contribution in [2.24, 2.45) is 0 Å². The largest absolute Gasteiger partial charge is 0.497 e. The summed E-state index contributed by atoms with van der Waals surface area (Å²) in [5.74, 6) is 0.685. The Morgan fingerprint density at radius 3 is 2.48 bits per heavy atom. The number of halogens is 1. The molecule has 0 fully saturated rings. The van der Waals surface area contributed by atoms with Crippen molar-refractivity contribution in [3.05, 3.63) is 65.0 Å². The molecule has 0 saturated heterocycles. The average Bonchev–Trinajstić information content (AvgIpc) is 2.51. The standard InChI is InChI=1S/C18H22FNO/c1-13-4-8-15(19)12-17(13)18(20-2)11-7-14-5-9-16(21-3)10-6-14/h4-6,8-10,12,18,20H,7,11H2,1-3H3. The number of nitrogens with one attached hydrogen (secondary N) is 1. The molecule has 3 heteroatoms. The summed E-state index contributed by atoms with van der Waals surface area (Å²) in [7, 11) is 3.59. The van der Waals surface area contributed by atoms with Crippen LogP contribution in [0.5, 0.6) is 5.75 Å². The number of hydrogen-bond acceptors (Lipinski definition) is 2. The number of hydrogen-bond donors (Lipinski definition) is 1. The smallest absolute Gasteiger partial charge is 0.123 e. The quantitative estimate of drug-likeness (QED) is 0.866. The monoisotopic (exact) mass is 287 g/mol. The van der Waals surface area contributed by atoms with Crippen molar-refractivity contribution in [2.45, 2.75) is 25.8 Å². The van der Waals surface area contributed by atoms with E-state index in [1.807, 2.05) is 32.2 Å². The molecule has 0 saturated carbocycles. The van der Waals surface area contributed by atoms with Crippen molar-refractivity contribution in [3.63, 3.8) is 0 Å². The van der Waals surface area contributed by atoms with Gasteiger partial charge in [0, 0.05) is 6.04 Å². The minimum Gasteiger partial charge on any atom is -0.497 e. The van der Waals surface area contributed by atoms with E-state index in [9.17, 15) is 4.39 Å². The minimum atomic E-state index is -0.180. The molecule has 0 radical (unpaired) electrons. The first kappa shape index (κ1) is 15.5. The van der Waals surface area contributed by atoms with E-state index in [0.717, 1.165) is 29.7 Å². The number of aryl methyl sites for hydroxylation is 2. The van der Waals surface area contributed by atoms with E-state index in [4.69, 9.17) is 4.74 Å². The lowest BCUT2D eigenvalue weighted by Crippen LogP contribution is -2.18. The van der Waals surface area contributed by atoms with Gasteiger partial charge in [-0.05, 0) is 67.8 Å². The van der Waals surface area contributed by atoms with E-state index in [1.165, 1.54) is 11.6 Å². The van der Waals surface area contributed by atoms with Gasteiger partial charge in [-0.25, -0.2) is 4.39 Å². The Morgan fingerprint density at radius 1 is 1.14 bits per heavy atom. The zero-order valence-electron chi connectivity index (χ0n) is 12.8. The summed E-state index contributed by atoms with van der Waals surface area (Å²) in [5, 5.41) is 3.29. The second kappa shape index (κ2) is 7.23. The fourth-order valence-electron chi connectivity index (χ4n) is 2.55. The second-order valence-corrected chi connectivity index (χ2v) is 5.23. The molecule has 0 aliphatic carbocycles. The highest BCUT2D eigenvalue weighted by Gasteiger charge is 2.12. The number of ether oxygens (including phenoxy) is 1. The van der Waals surface area contributed by atoms with Crippen LogP contribution in [-0.4, -0.2) is 14.2 Å². The molecule has 2 rings (SSSR count). The van der Waals surface area contributed by atoms with Gasteiger partial charge in [0.05, 0.1) is 7.11 Å². The first-order valence-electron chi connectivity index (χ1n) is 7.20. The molecule has 1 atom stereocenters. The van der Waals surface area contributed by atoms with E-state index in [2.05, 4.69) is 17.4 Å². The molecule has 0 heterocycles. The van der Waals surface area contributed by atoms with Crippen LogP contribution in [0.4, 0.5) is 4.39 Å². The minimum absolute atomic E-state index is 0.155. The summed E-state index contributed by atoms with van der Waals surface area (Å²) in [6.45, 7) is 2.02. The number of rotatable bonds is 6. The molecule has 0 bridgehead atoms. The lowest BCUT2D eigenvalue weighted by atomic mass is 9.95. The predicted molar refractivity (Wildman–Crippen MR) is 84.3 cm³/mol. The van der Waals surface area contributed by atoms with E-state index in [-0.39, 0.29) is 11.9 Å². The molecule has 0 amide bonds. The lowest BCUT2D eigenvalue weighted by molar-refractivity contribution is 0.414. The van der Waals surface area contributed by atoms with Gasteiger partial charge in [0.2, 0.25) is 0 Å². The highest BCUT2D eigenvalue weighted by atomic mass is 19.1. The molecule has 1 unspecified atom stereocenters. The first-order chi connectivity index (χ1) is 10.1. The van der Waals surface area contributed by atoms with E-state index in [1.54, 1.807) is 13.2 Å². The van der Waals surface area contributed by atoms with Crippen molar-refractivity contribution < 1.29 is 9.13 Å². The Hall–Kier alpha value is -1.87. The molecule has 2 nitrogen and oxygen atoms in total. The third-order valence-corrected chi connectivity index (χ3v) is 3.85. The van der Waals surface area contributed by atoms with Crippen LogP contribution < -0.4 is 10.1 Å². The second-order valence-electron chi connectivity index (χ2n) is 5.23. The summed E-state index contributed by atoms with van der Waals surface area (Å²) in [6, 6.07) is 13.2. The van der Waals surface area contributed by atoms with Crippen LogP contribution in [-0.2, 0) is 6.42 Å². The number of benzene rings is 2. The van der Waals surface area contributed by atoms with Crippen molar-refractivity contribution in [1.82, 2.24) is 5.32 Å². The van der Waals surface area contributed by atoms with Gasteiger partial charge in [-0.3, -0.25) is 0 Å². The predicted octanol–water partition coefficient (Wildman–Crippen LogP) is 4.04. The van der Waals surface area contributed by atoms with Crippen LogP contribution in [0.2, 0.25) is 0 Å². The van der Waals surface area contributed by atoms with Crippen LogP contribution in [0.25, 0.3) is 0 Å². The summed E-state index contributed by atoms with van der Waals surface area (Å²) >= 11 is 0. The third kappa shape index (κ3) is 4.05. The highest BCUT2D eigenvalue weighted by Crippen LogP contribution is 2.23. The normalized spacial score (nSPS) is 12.2. The van der Waals surface area contributed by atoms with Crippen LogP contribution in [0.1, 0.15) is 29.2 Å². The van der Waals surface area contributed by atoms with Gasteiger partial charge >= 0.3 is 0 Å². The fourth-order valence-corrected chi connectivity index (χ4v) is 2.55. The molecular weight excluding hydrogens is 265 g/mol. The van der Waals surface area contributed by atoms with Gasteiger partial charge < -0.3 is 10.1 Å². The summed E-state index contributed by atoms with van der Waals surface area (Å²) in [5.41, 5.74) is 3.40. The van der Waals surface area contributed by atoms with E-state index < -0.39 is 0 Å². The lowest BCUT2D eigenvalue weighted by Gasteiger charge is -2.19. The first-order valence-corrected chi connectivity index (χ1v) is 7.20.